The minimum Gasteiger partial charge on any atom is -0.390 e. The van der Waals surface area contributed by atoms with E-state index in [0.717, 1.165) is 21.8 Å². The summed E-state index contributed by atoms with van der Waals surface area (Å²) in [7, 11) is -3.70. The van der Waals surface area contributed by atoms with Gasteiger partial charge in [0.2, 0.25) is 10.0 Å². The van der Waals surface area contributed by atoms with Crippen molar-refractivity contribution in [2.24, 2.45) is 0 Å². The fourth-order valence-corrected chi connectivity index (χ4v) is 5.87. The summed E-state index contributed by atoms with van der Waals surface area (Å²) in [5, 5.41) is 12.0. The highest BCUT2D eigenvalue weighted by atomic mass is 127. The molecule has 3 atom stereocenters. The van der Waals surface area contributed by atoms with Crippen LogP contribution in [0.2, 0.25) is 0 Å². The Labute approximate surface area is 175 Å². The van der Waals surface area contributed by atoms with E-state index in [-0.39, 0.29) is 11.4 Å². The van der Waals surface area contributed by atoms with Gasteiger partial charge in [-0.15, -0.1) is 0 Å². The van der Waals surface area contributed by atoms with Crippen molar-refractivity contribution in [2.75, 3.05) is 13.1 Å². The van der Waals surface area contributed by atoms with Crippen molar-refractivity contribution in [2.45, 2.75) is 56.2 Å². The van der Waals surface area contributed by atoms with Crippen molar-refractivity contribution in [1.29, 1.82) is 0 Å². The highest BCUT2D eigenvalue weighted by molar-refractivity contribution is 14.1. The molecule has 1 aliphatic rings. The lowest BCUT2D eigenvalue weighted by atomic mass is 9.97. The average molecular weight is 502 g/mol. The molecule has 148 valence electrons. The van der Waals surface area contributed by atoms with Crippen LogP contribution in [-0.2, 0) is 10.0 Å². The number of piperidine rings is 1. The molecule has 1 fully saturated rings. The maximum atomic E-state index is 12.8. The van der Waals surface area contributed by atoms with Crippen LogP contribution in [0, 0.1) is 3.57 Å². The van der Waals surface area contributed by atoms with Crippen LogP contribution in [0.3, 0.4) is 0 Å². The molecule has 0 aromatic heterocycles. The zero-order valence-corrected chi connectivity index (χ0v) is 18.7. The SMILES string of the molecule is C[C@@H]1CCC[C@H](C)N1C[C@@H](O)CNS(=O)(=O)c1cccc2c(I)cccc12. The first-order valence-electron chi connectivity index (χ1n) is 9.40. The van der Waals surface area contributed by atoms with Gasteiger partial charge < -0.3 is 5.11 Å². The van der Waals surface area contributed by atoms with E-state index in [1.165, 1.54) is 6.42 Å². The second-order valence-electron chi connectivity index (χ2n) is 7.42. The minimum absolute atomic E-state index is 0.0125. The summed E-state index contributed by atoms with van der Waals surface area (Å²) in [6, 6.07) is 11.8. The average Bonchev–Trinajstić information content (AvgIpc) is 2.63. The lowest BCUT2D eigenvalue weighted by Gasteiger charge is -2.40. The molecule has 0 unspecified atom stereocenters. The van der Waals surface area contributed by atoms with Crippen molar-refractivity contribution >= 4 is 43.4 Å². The van der Waals surface area contributed by atoms with Gasteiger partial charge in [0.05, 0.1) is 11.0 Å². The van der Waals surface area contributed by atoms with Crippen molar-refractivity contribution in [1.82, 2.24) is 9.62 Å². The van der Waals surface area contributed by atoms with E-state index >= 15 is 0 Å². The quantitative estimate of drug-likeness (QED) is 0.595. The Morgan fingerprint density at radius 1 is 1.15 bits per heavy atom. The number of hydrogen-bond donors (Lipinski definition) is 2. The number of sulfonamides is 1. The Bertz CT molecular complexity index is 893. The van der Waals surface area contributed by atoms with E-state index in [1.54, 1.807) is 12.1 Å². The third kappa shape index (κ3) is 4.82. The largest absolute Gasteiger partial charge is 0.390 e. The van der Waals surface area contributed by atoms with Gasteiger partial charge in [0.1, 0.15) is 0 Å². The molecule has 0 saturated carbocycles. The highest BCUT2D eigenvalue weighted by Crippen LogP contribution is 2.27. The predicted molar refractivity (Wildman–Crippen MR) is 117 cm³/mol. The maximum Gasteiger partial charge on any atom is 0.241 e. The van der Waals surface area contributed by atoms with Crippen molar-refractivity contribution in [3.63, 3.8) is 0 Å². The Morgan fingerprint density at radius 2 is 1.78 bits per heavy atom. The van der Waals surface area contributed by atoms with E-state index < -0.39 is 16.1 Å². The van der Waals surface area contributed by atoms with Crippen LogP contribution >= 0.6 is 22.6 Å². The van der Waals surface area contributed by atoms with Crippen molar-refractivity contribution < 1.29 is 13.5 Å². The van der Waals surface area contributed by atoms with E-state index in [0.29, 0.717) is 24.0 Å². The van der Waals surface area contributed by atoms with Crippen LogP contribution < -0.4 is 4.72 Å². The van der Waals surface area contributed by atoms with Gasteiger partial charge in [-0.3, -0.25) is 4.90 Å². The number of benzene rings is 2. The first kappa shape index (κ1) is 21.0. The zero-order valence-electron chi connectivity index (χ0n) is 15.7. The molecule has 2 aromatic rings. The summed E-state index contributed by atoms with van der Waals surface area (Å²) < 4.78 is 29.3. The Hall–Kier alpha value is -0.740. The normalized spacial score (nSPS) is 22.8. The first-order chi connectivity index (χ1) is 12.8. The standard InChI is InChI=1S/C20H27IN2O3S/c1-14-6-3-7-15(2)23(14)13-16(24)12-22-27(25,26)20-11-5-8-17-18(20)9-4-10-19(17)21/h4-5,8-11,14-16,22,24H,3,6-7,12-13H2,1-2H3/t14-,15+,16-/m0/s1. The van der Waals surface area contributed by atoms with Gasteiger partial charge in [0.15, 0.2) is 0 Å². The molecule has 7 heteroatoms. The van der Waals surface area contributed by atoms with E-state index in [4.69, 9.17) is 0 Å². The number of fused-ring (bicyclic) bond motifs is 1. The van der Waals surface area contributed by atoms with Gasteiger partial charge in [0, 0.05) is 34.1 Å². The van der Waals surface area contributed by atoms with Gasteiger partial charge in [-0.1, -0.05) is 30.7 Å². The third-order valence-electron chi connectivity index (χ3n) is 5.43. The second-order valence-corrected chi connectivity index (χ2v) is 10.3. The van der Waals surface area contributed by atoms with Gasteiger partial charge in [-0.2, -0.15) is 0 Å². The maximum absolute atomic E-state index is 12.8. The minimum atomic E-state index is -3.70. The smallest absolute Gasteiger partial charge is 0.241 e. The summed E-state index contributed by atoms with van der Waals surface area (Å²) >= 11 is 2.21. The number of nitrogens with zero attached hydrogens (tertiary/aromatic N) is 1. The van der Waals surface area contributed by atoms with Crippen LogP contribution in [-0.4, -0.2) is 49.7 Å². The molecule has 2 aromatic carbocycles. The molecule has 3 rings (SSSR count). The number of aliphatic hydroxyl groups excluding tert-OH is 1. The van der Waals surface area contributed by atoms with Crippen LogP contribution in [0.25, 0.3) is 10.8 Å². The molecule has 5 nitrogen and oxygen atoms in total. The molecule has 0 bridgehead atoms. The third-order valence-corrected chi connectivity index (χ3v) is 7.85. The number of rotatable bonds is 6. The number of hydrogen-bond acceptors (Lipinski definition) is 4. The van der Waals surface area contributed by atoms with Crippen LogP contribution in [0.4, 0.5) is 0 Å². The molecule has 1 heterocycles. The number of β-amino-alcohol motifs (C(OH)–C–C–N with tert-alkyl or cyclic N) is 1. The zero-order chi connectivity index (χ0) is 19.6. The highest BCUT2D eigenvalue weighted by Gasteiger charge is 2.27. The summed E-state index contributed by atoms with van der Waals surface area (Å²) in [6.45, 7) is 4.84. The van der Waals surface area contributed by atoms with Gasteiger partial charge in [-0.25, -0.2) is 13.1 Å². The number of likely N-dealkylation sites (tertiary alicyclic amines) is 1. The molecular weight excluding hydrogens is 475 g/mol. The Morgan fingerprint density at radius 3 is 2.48 bits per heavy atom. The molecule has 27 heavy (non-hydrogen) atoms. The second kappa shape index (κ2) is 8.73. The molecule has 0 radical (unpaired) electrons. The molecule has 1 saturated heterocycles. The van der Waals surface area contributed by atoms with E-state index in [1.807, 2.05) is 24.3 Å². The first-order valence-corrected chi connectivity index (χ1v) is 12.0. The molecular formula is C20H27IN2O3S. The molecule has 1 aliphatic heterocycles. The van der Waals surface area contributed by atoms with E-state index in [9.17, 15) is 13.5 Å². The fraction of sp³-hybridized carbons (Fsp3) is 0.500. The van der Waals surface area contributed by atoms with Gasteiger partial charge in [-0.05, 0) is 66.8 Å². The monoisotopic (exact) mass is 502 g/mol. The topological polar surface area (TPSA) is 69.6 Å². The summed E-state index contributed by atoms with van der Waals surface area (Å²) in [5.74, 6) is 0. The van der Waals surface area contributed by atoms with Crippen molar-refractivity contribution in [3.05, 3.63) is 40.0 Å². The van der Waals surface area contributed by atoms with E-state index in [2.05, 4.69) is 46.1 Å². The molecule has 0 amide bonds. The van der Waals surface area contributed by atoms with Crippen LogP contribution in [0.15, 0.2) is 41.3 Å². The fourth-order valence-electron chi connectivity index (χ4n) is 3.90. The van der Waals surface area contributed by atoms with Crippen LogP contribution in [0.5, 0.6) is 0 Å². The molecule has 2 N–H and O–H groups in total. The number of halogens is 1. The lowest BCUT2D eigenvalue weighted by Crippen LogP contribution is -2.49. The van der Waals surface area contributed by atoms with Gasteiger partial charge in [0.25, 0.3) is 0 Å². The lowest BCUT2D eigenvalue weighted by molar-refractivity contribution is 0.0438. The predicted octanol–water partition coefficient (Wildman–Crippen LogP) is 3.35. The summed E-state index contributed by atoms with van der Waals surface area (Å²) in [6.07, 6.45) is 2.72. The number of aliphatic hydroxyl groups is 1. The Kier molecular flexibility index (Phi) is 6.79. The molecule has 0 spiro atoms. The van der Waals surface area contributed by atoms with Crippen molar-refractivity contribution in [3.8, 4) is 0 Å². The number of nitrogens with one attached hydrogen (secondary N) is 1. The summed E-state index contributed by atoms with van der Waals surface area (Å²) in [4.78, 5) is 2.54. The van der Waals surface area contributed by atoms with Crippen LogP contribution in [0.1, 0.15) is 33.1 Å². The molecule has 0 aliphatic carbocycles. The van der Waals surface area contributed by atoms with Gasteiger partial charge >= 0.3 is 0 Å². The summed E-state index contributed by atoms with van der Waals surface area (Å²) in [5.41, 5.74) is 0. The Balaban J connectivity index is 1.71.